The molecule has 19 heavy (non-hydrogen) atoms. The Labute approximate surface area is 120 Å². The van der Waals surface area contributed by atoms with Crippen molar-refractivity contribution in [2.24, 2.45) is 0 Å². The Balaban J connectivity index is 2.09. The quantitative estimate of drug-likeness (QED) is 0.327. The number of ether oxygens (including phenoxy) is 1. The first-order valence-corrected chi connectivity index (χ1v) is 8.61. The van der Waals surface area contributed by atoms with Gasteiger partial charge in [-0.3, -0.25) is 0 Å². The van der Waals surface area contributed by atoms with Gasteiger partial charge in [-0.1, -0.05) is 77.7 Å². The van der Waals surface area contributed by atoms with E-state index >= 15 is 0 Å². The van der Waals surface area contributed by atoms with Crippen molar-refractivity contribution in [3.8, 4) is 0 Å². The van der Waals surface area contributed by atoms with Gasteiger partial charge in [-0.2, -0.15) is 0 Å². The molecule has 0 N–H and O–H groups in total. The Bertz CT molecular complexity index is 244. The molecule has 1 heterocycles. The highest BCUT2D eigenvalue weighted by Gasteiger charge is 2.23. The molecule has 0 bridgehead atoms. The van der Waals surface area contributed by atoms with Crippen LogP contribution in [0.4, 0.5) is 0 Å². The maximum atomic E-state index is 6.17. The number of rotatable bonds is 11. The van der Waals surface area contributed by atoms with Crippen molar-refractivity contribution in [2.45, 2.75) is 104 Å². The largest absolute Gasteiger partial charge is 0.367 e. The van der Waals surface area contributed by atoms with Crippen molar-refractivity contribution in [3.63, 3.8) is 0 Å². The molecule has 0 aromatic carbocycles. The molecule has 0 aromatic rings. The third-order valence-electron chi connectivity index (χ3n) is 4.21. The summed E-state index contributed by atoms with van der Waals surface area (Å²) < 4.78 is 6.17. The molecule has 0 amide bonds. The van der Waals surface area contributed by atoms with Gasteiger partial charge >= 0.3 is 0 Å². The van der Waals surface area contributed by atoms with Crippen LogP contribution in [0.25, 0.3) is 0 Å². The van der Waals surface area contributed by atoms with E-state index in [0.29, 0.717) is 12.2 Å². The van der Waals surface area contributed by atoms with Crippen molar-refractivity contribution in [3.05, 3.63) is 11.6 Å². The lowest BCUT2D eigenvalue weighted by atomic mass is 10.0. The molecule has 0 fully saturated rings. The Morgan fingerprint density at radius 1 is 0.842 bits per heavy atom. The number of hydrogen-bond acceptors (Lipinski definition) is 1. The van der Waals surface area contributed by atoms with Crippen LogP contribution < -0.4 is 0 Å². The molecule has 0 saturated heterocycles. The van der Waals surface area contributed by atoms with E-state index in [2.05, 4.69) is 26.8 Å². The minimum absolute atomic E-state index is 0.415. The summed E-state index contributed by atoms with van der Waals surface area (Å²) in [4.78, 5) is 0. The summed E-state index contributed by atoms with van der Waals surface area (Å²) in [6.45, 7) is 6.79. The lowest BCUT2D eigenvalue weighted by Crippen LogP contribution is -2.13. The predicted octanol–water partition coefficient (Wildman–Crippen LogP) is 6.03. The molecular weight excluding hydrogens is 232 g/mol. The van der Waals surface area contributed by atoms with E-state index in [9.17, 15) is 0 Å². The van der Waals surface area contributed by atoms with Crippen molar-refractivity contribution in [1.82, 2.24) is 0 Å². The van der Waals surface area contributed by atoms with Crippen LogP contribution in [0.5, 0.6) is 0 Å². The zero-order chi connectivity index (χ0) is 13.9. The molecule has 1 heteroatoms. The highest BCUT2D eigenvalue weighted by Crippen LogP contribution is 2.26. The van der Waals surface area contributed by atoms with Crippen molar-refractivity contribution in [2.75, 3.05) is 0 Å². The Morgan fingerprint density at radius 2 is 1.42 bits per heavy atom. The smallest absolute Gasteiger partial charge is 0.0791 e. The van der Waals surface area contributed by atoms with E-state index in [1.807, 2.05) is 0 Å². The summed E-state index contributed by atoms with van der Waals surface area (Å²) in [5.41, 5.74) is 1.48. The van der Waals surface area contributed by atoms with E-state index in [1.165, 1.54) is 76.2 Å². The minimum Gasteiger partial charge on any atom is -0.367 e. The second kappa shape index (κ2) is 10.5. The van der Waals surface area contributed by atoms with Crippen LogP contribution in [0.1, 0.15) is 91.4 Å². The van der Waals surface area contributed by atoms with Crippen molar-refractivity contribution >= 4 is 0 Å². The van der Waals surface area contributed by atoms with Gasteiger partial charge in [0, 0.05) is 0 Å². The predicted molar refractivity (Wildman–Crippen MR) is 84.6 cm³/mol. The zero-order valence-corrected chi connectivity index (χ0v) is 13.4. The summed E-state index contributed by atoms with van der Waals surface area (Å²) in [5, 5.41) is 0. The van der Waals surface area contributed by atoms with Crippen LogP contribution in [0.2, 0.25) is 0 Å². The summed E-state index contributed by atoms with van der Waals surface area (Å²) in [5.74, 6) is 0. The highest BCUT2D eigenvalue weighted by atomic mass is 16.5. The molecule has 0 radical (unpaired) electrons. The fourth-order valence-electron chi connectivity index (χ4n) is 2.91. The van der Waals surface area contributed by atoms with Gasteiger partial charge in [0.1, 0.15) is 0 Å². The molecule has 2 atom stereocenters. The first kappa shape index (κ1) is 16.8. The summed E-state index contributed by atoms with van der Waals surface area (Å²) in [7, 11) is 0. The van der Waals surface area contributed by atoms with E-state index in [-0.39, 0.29) is 0 Å². The van der Waals surface area contributed by atoms with Crippen molar-refractivity contribution in [1.29, 1.82) is 0 Å². The van der Waals surface area contributed by atoms with E-state index in [1.54, 1.807) is 0 Å². The van der Waals surface area contributed by atoms with Gasteiger partial charge in [0.05, 0.1) is 12.2 Å². The van der Waals surface area contributed by atoms with E-state index in [0.717, 1.165) is 0 Å². The van der Waals surface area contributed by atoms with Gasteiger partial charge in [-0.15, -0.1) is 0 Å². The first-order valence-electron chi connectivity index (χ1n) is 8.61. The Hall–Kier alpha value is -0.300. The normalized spacial score (nSPS) is 22.8. The zero-order valence-electron chi connectivity index (χ0n) is 13.4. The second-order valence-electron chi connectivity index (χ2n) is 6.13. The third kappa shape index (κ3) is 7.15. The van der Waals surface area contributed by atoms with Gasteiger partial charge < -0.3 is 4.74 Å². The van der Waals surface area contributed by atoms with Crippen molar-refractivity contribution < 1.29 is 4.74 Å². The lowest BCUT2D eigenvalue weighted by molar-refractivity contribution is 0.0445. The van der Waals surface area contributed by atoms with Crippen LogP contribution in [0.15, 0.2) is 11.6 Å². The average molecular weight is 266 g/mol. The molecule has 112 valence electrons. The third-order valence-corrected chi connectivity index (χ3v) is 4.21. The van der Waals surface area contributed by atoms with Gasteiger partial charge in [-0.05, 0) is 25.3 Å². The van der Waals surface area contributed by atoms with Crippen LogP contribution in [0, 0.1) is 0 Å². The van der Waals surface area contributed by atoms with E-state index < -0.39 is 0 Å². The molecular formula is C18H34O. The van der Waals surface area contributed by atoms with Crippen LogP contribution >= 0.6 is 0 Å². The number of unbranched alkanes of at least 4 members (excludes halogenated alkanes) is 7. The van der Waals surface area contributed by atoms with E-state index in [4.69, 9.17) is 4.74 Å². The second-order valence-corrected chi connectivity index (χ2v) is 6.13. The summed E-state index contributed by atoms with van der Waals surface area (Å²) in [6, 6.07) is 0. The van der Waals surface area contributed by atoms with Gasteiger partial charge in [0.15, 0.2) is 0 Å². The van der Waals surface area contributed by atoms with Gasteiger partial charge in [-0.25, -0.2) is 0 Å². The Kier molecular flexibility index (Phi) is 9.24. The molecule has 1 aliphatic heterocycles. The van der Waals surface area contributed by atoms with Crippen LogP contribution in [-0.2, 0) is 4.74 Å². The maximum absolute atomic E-state index is 6.17. The fourth-order valence-corrected chi connectivity index (χ4v) is 2.91. The van der Waals surface area contributed by atoms with Gasteiger partial charge in [0.25, 0.3) is 0 Å². The molecule has 0 aromatic heterocycles. The van der Waals surface area contributed by atoms with Gasteiger partial charge in [0.2, 0.25) is 0 Å². The molecule has 1 aliphatic rings. The van der Waals surface area contributed by atoms with Crippen LogP contribution in [-0.4, -0.2) is 12.2 Å². The number of hydrogen-bond donors (Lipinski definition) is 0. The monoisotopic (exact) mass is 266 g/mol. The molecule has 0 spiro atoms. The molecule has 0 unspecified atom stereocenters. The molecule has 1 rings (SSSR count). The first-order chi connectivity index (χ1) is 9.27. The SMILES string of the molecule is CCCCCCC[C@H]1C=C(C)[C@H](CCCCCC)O1. The topological polar surface area (TPSA) is 9.23 Å². The molecule has 0 saturated carbocycles. The minimum atomic E-state index is 0.415. The highest BCUT2D eigenvalue weighted by molar-refractivity contribution is 5.13. The molecule has 1 nitrogen and oxygen atoms in total. The fraction of sp³-hybridized carbons (Fsp3) is 0.889. The van der Waals surface area contributed by atoms with Crippen LogP contribution in [0.3, 0.4) is 0 Å². The standard InChI is InChI=1S/C18H34O/c1-4-6-8-10-11-13-17-15-16(3)18(19-17)14-12-9-7-5-2/h15,17-18H,4-14H2,1-3H3/t17-,18-/m0/s1. The average Bonchev–Trinajstić information content (AvgIpc) is 2.75. The molecule has 0 aliphatic carbocycles. The Morgan fingerprint density at radius 3 is 2.11 bits per heavy atom. The maximum Gasteiger partial charge on any atom is 0.0791 e. The lowest BCUT2D eigenvalue weighted by Gasteiger charge is -2.15. The summed E-state index contributed by atoms with van der Waals surface area (Å²) >= 11 is 0. The summed E-state index contributed by atoms with van der Waals surface area (Å²) in [6.07, 6.45) is 17.9.